The maximum absolute atomic E-state index is 15.2. The van der Waals surface area contributed by atoms with Crippen molar-refractivity contribution >= 4 is 28.6 Å². The number of halogens is 3. The molecule has 1 aliphatic heterocycles. The van der Waals surface area contributed by atoms with Crippen molar-refractivity contribution in [1.29, 1.82) is 0 Å². The first kappa shape index (κ1) is 30.6. The van der Waals surface area contributed by atoms with E-state index in [2.05, 4.69) is 16.9 Å². The minimum absolute atomic E-state index is 0.0516. The topological polar surface area (TPSA) is 89.2 Å². The second kappa shape index (κ2) is 12.2. The van der Waals surface area contributed by atoms with Gasteiger partial charge in [-0.3, -0.25) is 4.79 Å². The molecule has 3 aromatic carbocycles. The van der Waals surface area contributed by atoms with Gasteiger partial charge in [0.1, 0.15) is 23.1 Å². The Labute approximate surface area is 262 Å². The second-order valence-corrected chi connectivity index (χ2v) is 12.0. The third kappa shape index (κ3) is 5.54. The van der Waals surface area contributed by atoms with Crippen LogP contribution in [0.1, 0.15) is 50.4 Å². The predicted molar refractivity (Wildman–Crippen MR) is 167 cm³/mol. The molecule has 0 spiro atoms. The van der Waals surface area contributed by atoms with E-state index in [0.717, 1.165) is 11.1 Å². The zero-order valence-corrected chi connectivity index (χ0v) is 26.0. The van der Waals surface area contributed by atoms with Gasteiger partial charge in [0.25, 0.3) is 0 Å². The fraction of sp³-hybridized carbons (Fsp3) is 0.294. The van der Waals surface area contributed by atoms with E-state index in [-0.39, 0.29) is 46.9 Å². The summed E-state index contributed by atoms with van der Waals surface area (Å²) in [6.45, 7) is 6.14. The number of aromatic nitrogens is 3. The molecule has 2 N–H and O–H groups in total. The normalized spacial score (nSPS) is 17.6. The minimum Gasteiger partial charge on any atom is -0.490 e. The van der Waals surface area contributed by atoms with Crippen molar-refractivity contribution < 1.29 is 32.2 Å². The first-order valence-corrected chi connectivity index (χ1v) is 15.9. The average Bonchev–Trinajstić information content (AvgIpc) is 3.71. The number of H-pyrrole nitrogens is 2. The summed E-state index contributed by atoms with van der Waals surface area (Å²) in [6.07, 6.45) is 6.18. The summed E-state index contributed by atoms with van der Waals surface area (Å²) >= 11 is 1.22. The molecule has 5 aromatic rings. The number of ether oxygens (including phenoxy) is 3. The van der Waals surface area contributed by atoms with E-state index in [1.54, 1.807) is 25.4 Å². The number of imidazole rings is 1. The van der Waals surface area contributed by atoms with Gasteiger partial charge >= 0.3 is 5.97 Å². The van der Waals surface area contributed by atoms with Crippen molar-refractivity contribution in [2.45, 2.75) is 56.4 Å². The molecule has 2 atom stereocenters. The largest absolute Gasteiger partial charge is 0.490 e. The highest BCUT2D eigenvalue weighted by atomic mass is 32.2. The van der Waals surface area contributed by atoms with Gasteiger partial charge in [0, 0.05) is 35.2 Å². The lowest BCUT2D eigenvalue weighted by Crippen LogP contribution is -2.36. The summed E-state index contributed by atoms with van der Waals surface area (Å²) in [4.78, 5) is 23.1. The summed E-state index contributed by atoms with van der Waals surface area (Å²) in [5.74, 6) is -2.20. The maximum atomic E-state index is 15.2. The monoisotopic (exact) mass is 635 g/mol. The zero-order chi connectivity index (χ0) is 31.9. The Hall–Kier alpha value is -4.38. The molecule has 0 unspecified atom stereocenters. The maximum Gasteiger partial charge on any atom is 0.306 e. The summed E-state index contributed by atoms with van der Waals surface area (Å²) in [5.41, 5.74) is 2.07. The fourth-order valence-corrected chi connectivity index (χ4v) is 6.78. The Morgan fingerprint density at radius 1 is 1.16 bits per heavy atom. The highest BCUT2D eigenvalue weighted by molar-refractivity contribution is 7.99. The van der Waals surface area contributed by atoms with Gasteiger partial charge in [0.15, 0.2) is 11.6 Å². The van der Waals surface area contributed by atoms with Crippen molar-refractivity contribution in [1.82, 2.24) is 15.0 Å². The number of nitrogens with zero attached hydrogens (tertiary/aromatic N) is 1. The van der Waals surface area contributed by atoms with Crippen LogP contribution in [0.4, 0.5) is 13.2 Å². The van der Waals surface area contributed by atoms with Crippen molar-refractivity contribution in [3.05, 3.63) is 89.1 Å². The Balaban J connectivity index is 1.34. The van der Waals surface area contributed by atoms with Crippen LogP contribution in [0.15, 0.2) is 59.8 Å². The van der Waals surface area contributed by atoms with Crippen LogP contribution in [0.25, 0.3) is 22.3 Å². The predicted octanol–water partition coefficient (Wildman–Crippen LogP) is 8.46. The lowest BCUT2D eigenvalue weighted by Gasteiger charge is -2.39. The van der Waals surface area contributed by atoms with Gasteiger partial charge in [-0.15, -0.1) is 11.8 Å². The highest BCUT2D eigenvalue weighted by Crippen LogP contribution is 2.47. The molecule has 6 rings (SSSR count). The summed E-state index contributed by atoms with van der Waals surface area (Å²) in [5, 5.41) is 0.484. The SMILES string of the molecule is CCOC(=O)CCc1cccc2c1O[C@@H](C)C[C@]2(C)c1c[nH]c(-c2cc(Oc3c(F)c(F)c4[nH]ccc4c3SC)ccc2F)n1. The second-order valence-electron chi connectivity index (χ2n) is 11.2. The van der Waals surface area contributed by atoms with Gasteiger partial charge < -0.3 is 24.2 Å². The Morgan fingerprint density at radius 2 is 1.98 bits per heavy atom. The molecule has 234 valence electrons. The number of nitrogens with one attached hydrogen (secondary N) is 2. The lowest BCUT2D eigenvalue weighted by atomic mass is 9.73. The van der Waals surface area contributed by atoms with Gasteiger partial charge in [0.05, 0.1) is 34.4 Å². The van der Waals surface area contributed by atoms with Crippen LogP contribution in [-0.2, 0) is 21.4 Å². The van der Waals surface area contributed by atoms with E-state index in [0.29, 0.717) is 41.2 Å². The first-order chi connectivity index (χ1) is 21.6. The number of aryl methyl sites for hydroxylation is 1. The molecule has 45 heavy (non-hydrogen) atoms. The molecule has 0 aliphatic carbocycles. The molecular formula is C34H32F3N3O4S. The van der Waals surface area contributed by atoms with Crippen LogP contribution in [0.5, 0.6) is 17.2 Å². The van der Waals surface area contributed by atoms with Crippen molar-refractivity contribution in [3.8, 4) is 28.6 Å². The summed E-state index contributed by atoms with van der Waals surface area (Å²) in [7, 11) is 0. The number of aromatic amines is 2. The van der Waals surface area contributed by atoms with E-state index in [1.807, 2.05) is 25.1 Å². The number of carbonyl (C=O) groups is 1. The van der Waals surface area contributed by atoms with E-state index < -0.39 is 22.9 Å². The molecule has 2 aromatic heterocycles. The lowest BCUT2D eigenvalue weighted by molar-refractivity contribution is -0.143. The molecule has 1 aliphatic rings. The molecular weight excluding hydrogens is 603 g/mol. The zero-order valence-electron chi connectivity index (χ0n) is 25.2. The molecule has 0 fully saturated rings. The van der Waals surface area contributed by atoms with Crippen LogP contribution >= 0.6 is 11.8 Å². The van der Waals surface area contributed by atoms with E-state index in [4.69, 9.17) is 19.2 Å². The van der Waals surface area contributed by atoms with Gasteiger partial charge in [-0.1, -0.05) is 18.2 Å². The van der Waals surface area contributed by atoms with Crippen molar-refractivity contribution in [3.63, 3.8) is 0 Å². The van der Waals surface area contributed by atoms with Gasteiger partial charge in [-0.2, -0.15) is 4.39 Å². The summed E-state index contributed by atoms with van der Waals surface area (Å²) in [6, 6.07) is 11.5. The molecule has 0 bridgehead atoms. The van der Waals surface area contributed by atoms with Crippen LogP contribution in [0, 0.1) is 17.5 Å². The number of para-hydroxylation sites is 1. The van der Waals surface area contributed by atoms with Gasteiger partial charge in [-0.05, 0) is 69.7 Å². The highest BCUT2D eigenvalue weighted by Gasteiger charge is 2.41. The first-order valence-electron chi connectivity index (χ1n) is 14.6. The number of hydrogen-bond acceptors (Lipinski definition) is 6. The smallest absolute Gasteiger partial charge is 0.306 e. The Morgan fingerprint density at radius 3 is 2.76 bits per heavy atom. The van der Waals surface area contributed by atoms with Crippen LogP contribution in [-0.4, -0.2) is 39.9 Å². The van der Waals surface area contributed by atoms with Crippen LogP contribution in [0.3, 0.4) is 0 Å². The van der Waals surface area contributed by atoms with E-state index >= 15 is 8.78 Å². The quantitative estimate of drug-likeness (QED) is 0.125. The van der Waals surface area contributed by atoms with Crippen LogP contribution < -0.4 is 9.47 Å². The van der Waals surface area contributed by atoms with Crippen molar-refractivity contribution in [2.24, 2.45) is 0 Å². The third-order valence-electron chi connectivity index (χ3n) is 8.18. The fourth-order valence-electron chi connectivity index (χ4n) is 6.07. The number of fused-ring (bicyclic) bond motifs is 2. The molecule has 0 radical (unpaired) electrons. The van der Waals surface area contributed by atoms with E-state index in [9.17, 15) is 9.18 Å². The number of esters is 1. The number of rotatable bonds is 9. The molecule has 0 amide bonds. The molecule has 0 saturated heterocycles. The molecule has 11 heteroatoms. The standard InChI is InChI=1S/C34H32F3N3O4S/c1-5-42-26(41)12-9-19-7-6-8-23-30(19)43-18(2)16-34(23,3)25-17-39-33(40-25)22-15-20(10-11-24(22)35)44-31-28(37)27(36)29-21(13-14-38-29)32(31)45-4/h6-8,10-11,13-15,17-18,38H,5,9,12,16H2,1-4H3,(H,39,40)/t18-,34-/m0/s1. The van der Waals surface area contributed by atoms with Gasteiger partial charge in [0.2, 0.25) is 5.82 Å². The molecule has 7 nitrogen and oxygen atoms in total. The number of thioether (sulfide) groups is 1. The third-order valence-corrected chi connectivity index (χ3v) is 8.99. The van der Waals surface area contributed by atoms with E-state index in [1.165, 1.54) is 36.2 Å². The van der Waals surface area contributed by atoms with Crippen LogP contribution in [0.2, 0.25) is 0 Å². The summed E-state index contributed by atoms with van der Waals surface area (Å²) < 4.78 is 62.4. The minimum atomic E-state index is -1.14. The van der Waals surface area contributed by atoms with Crippen molar-refractivity contribution in [2.75, 3.05) is 12.9 Å². The number of hydrogen-bond donors (Lipinski definition) is 2. The molecule has 3 heterocycles. The average molecular weight is 636 g/mol. The number of carbonyl (C=O) groups excluding carboxylic acids is 1. The number of benzene rings is 3. The molecule has 0 saturated carbocycles. The van der Waals surface area contributed by atoms with Gasteiger partial charge in [-0.25, -0.2) is 13.8 Å². The Bertz CT molecular complexity index is 1910. The Kier molecular flexibility index (Phi) is 8.30.